The van der Waals surface area contributed by atoms with Crippen molar-refractivity contribution in [2.24, 2.45) is 0 Å². The van der Waals surface area contributed by atoms with E-state index in [0.29, 0.717) is 16.1 Å². The van der Waals surface area contributed by atoms with Crippen LogP contribution in [0.25, 0.3) is 0 Å². The zero-order chi connectivity index (χ0) is 23.6. The highest BCUT2D eigenvalue weighted by molar-refractivity contribution is 8.00. The molecule has 3 rings (SSSR count). The molecule has 0 aromatic heterocycles. The highest BCUT2D eigenvalue weighted by atomic mass is 32.2. The molecule has 3 aromatic carbocycles. The van der Waals surface area contributed by atoms with E-state index >= 15 is 0 Å². The van der Waals surface area contributed by atoms with E-state index in [9.17, 15) is 19.2 Å². The van der Waals surface area contributed by atoms with E-state index in [1.807, 2.05) is 31.2 Å². The fourth-order valence-corrected chi connectivity index (χ4v) is 3.61. The number of carbonyl (C=O) groups is 4. The van der Waals surface area contributed by atoms with Crippen LogP contribution in [-0.4, -0.2) is 36.1 Å². The number of ether oxygens (including phenoxy) is 1. The van der Waals surface area contributed by atoms with Crippen LogP contribution in [0.15, 0.2) is 83.8 Å². The van der Waals surface area contributed by atoms with E-state index in [0.717, 1.165) is 5.56 Å². The first-order valence-corrected chi connectivity index (χ1v) is 11.1. The minimum Gasteiger partial charge on any atom is -0.452 e. The van der Waals surface area contributed by atoms with Gasteiger partial charge in [0, 0.05) is 16.1 Å². The number of anilines is 1. The monoisotopic (exact) mass is 462 g/mol. The molecule has 0 spiro atoms. The second-order valence-corrected chi connectivity index (χ2v) is 8.04. The van der Waals surface area contributed by atoms with Gasteiger partial charge in [-0.2, -0.15) is 0 Å². The number of aryl methyl sites for hydroxylation is 1. The maximum Gasteiger partial charge on any atom is 0.339 e. The van der Waals surface area contributed by atoms with E-state index in [-0.39, 0.29) is 17.2 Å². The molecule has 8 heteroatoms. The number of imide groups is 1. The molecule has 3 aromatic rings. The second-order valence-electron chi connectivity index (χ2n) is 7.02. The topological polar surface area (TPSA) is 102 Å². The van der Waals surface area contributed by atoms with E-state index in [4.69, 9.17) is 4.74 Å². The van der Waals surface area contributed by atoms with Crippen molar-refractivity contribution in [2.45, 2.75) is 11.8 Å². The maximum absolute atomic E-state index is 12.5. The molecule has 2 N–H and O–H groups in total. The zero-order valence-electron chi connectivity index (χ0n) is 17.9. The number of esters is 1. The first-order valence-electron chi connectivity index (χ1n) is 10.1. The van der Waals surface area contributed by atoms with Crippen molar-refractivity contribution >= 4 is 41.1 Å². The molecule has 0 fully saturated rings. The molecule has 0 unspecified atom stereocenters. The fourth-order valence-electron chi connectivity index (χ4n) is 2.77. The van der Waals surface area contributed by atoms with Gasteiger partial charge in [-0.25, -0.2) is 4.79 Å². The van der Waals surface area contributed by atoms with Crippen LogP contribution in [0.4, 0.5) is 5.69 Å². The van der Waals surface area contributed by atoms with Crippen molar-refractivity contribution in [3.05, 3.63) is 95.6 Å². The van der Waals surface area contributed by atoms with Crippen LogP contribution >= 0.6 is 11.8 Å². The van der Waals surface area contributed by atoms with E-state index in [2.05, 4.69) is 10.6 Å². The average molecular weight is 463 g/mol. The largest absolute Gasteiger partial charge is 0.452 e. The normalized spacial score (nSPS) is 10.2. The Bertz CT molecular complexity index is 1150. The average Bonchev–Trinajstić information content (AvgIpc) is 2.83. The van der Waals surface area contributed by atoms with Crippen LogP contribution in [0.5, 0.6) is 0 Å². The molecule has 0 aliphatic carbocycles. The van der Waals surface area contributed by atoms with Gasteiger partial charge in [-0.05, 0) is 43.3 Å². The smallest absolute Gasteiger partial charge is 0.339 e. The number of carbonyl (C=O) groups excluding carboxylic acids is 4. The lowest BCUT2D eigenvalue weighted by atomic mass is 10.2. The number of nitrogens with one attached hydrogen (secondary N) is 2. The fraction of sp³-hybridized carbons (Fsp3) is 0.120. The number of amides is 3. The predicted octanol–water partition coefficient (Wildman–Crippen LogP) is 3.84. The first-order chi connectivity index (χ1) is 15.9. The van der Waals surface area contributed by atoms with E-state index in [1.165, 1.54) is 11.8 Å². The van der Waals surface area contributed by atoms with Gasteiger partial charge in [0.15, 0.2) is 6.61 Å². The number of hydrogen-bond donors (Lipinski definition) is 2. The van der Waals surface area contributed by atoms with Crippen molar-refractivity contribution in [2.75, 3.05) is 17.7 Å². The Kier molecular flexibility index (Phi) is 8.37. The summed E-state index contributed by atoms with van der Waals surface area (Å²) in [7, 11) is 0. The van der Waals surface area contributed by atoms with Gasteiger partial charge < -0.3 is 10.1 Å². The Labute approximate surface area is 195 Å². The molecule has 0 saturated heterocycles. The van der Waals surface area contributed by atoms with Gasteiger partial charge in [0.1, 0.15) is 0 Å². The molecule has 0 heterocycles. The zero-order valence-corrected chi connectivity index (χ0v) is 18.7. The molecule has 168 valence electrons. The quantitative estimate of drug-likeness (QED) is 0.390. The number of thioether (sulfide) groups is 1. The van der Waals surface area contributed by atoms with Gasteiger partial charge in [-0.15, -0.1) is 11.8 Å². The molecule has 0 bridgehead atoms. The van der Waals surface area contributed by atoms with Gasteiger partial charge in [0.05, 0.1) is 11.3 Å². The first kappa shape index (κ1) is 23.7. The summed E-state index contributed by atoms with van der Waals surface area (Å²) in [6, 6.07) is 22.3. The standard InChI is InChI=1S/C25H22N2O5S/c1-17-11-13-19(14-12-17)26-23(29)16-33-21-10-6-5-9-20(21)25(31)32-15-22(28)27-24(30)18-7-3-2-4-8-18/h2-14H,15-16H2,1H3,(H,26,29)(H,27,28,30). The second kappa shape index (κ2) is 11.6. The third-order valence-electron chi connectivity index (χ3n) is 4.42. The highest BCUT2D eigenvalue weighted by Crippen LogP contribution is 2.23. The van der Waals surface area contributed by atoms with Crippen molar-refractivity contribution < 1.29 is 23.9 Å². The summed E-state index contributed by atoms with van der Waals surface area (Å²) in [5.74, 6) is -2.17. The Morgan fingerprint density at radius 3 is 2.21 bits per heavy atom. The van der Waals surface area contributed by atoms with Crippen LogP contribution in [0, 0.1) is 6.92 Å². The third-order valence-corrected chi connectivity index (χ3v) is 5.50. The van der Waals surface area contributed by atoms with Gasteiger partial charge in [-0.3, -0.25) is 19.7 Å². The van der Waals surface area contributed by atoms with Gasteiger partial charge in [0.2, 0.25) is 5.91 Å². The molecular formula is C25H22N2O5S. The molecule has 3 amide bonds. The lowest BCUT2D eigenvalue weighted by Gasteiger charge is -2.10. The minimum absolute atomic E-state index is 0.0875. The van der Waals surface area contributed by atoms with Crippen LogP contribution < -0.4 is 10.6 Å². The number of benzene rings is 3. The molecule has 7 nitrogen and oxygen atoms in total. The Morgan fingerprint density at radius 1 is 0.818 bits per heavy atom. The summed E-state index contributed by atoms with van der Waals surface area (Å²) in [5, 5.41) is 4.97. The molecule has 0 radical (unpaired) electrons. The lowest BCUT2D eigenvalue weighted by molar-refractivity contribution is -0.123. The lowest BCUT2D eigenvalue weighted by Crippen LogP contribution is -2.34. The van der Waals surface area contributed by atoms with Crippen molar-refractivity contribution in [1.29, 1.82) is 0 Å². The molecular weight excluding hydrogens is 440 g/mol. The van der Waals surface area contributed by atoms with Gasteiger partial charge >= 0.3 is 5.97 Å². The van der Waals surface area contributed by atoms with E-state index in [1.54, 1.807) is 54.6 Å². The highest BCUT2D eigenvalue weighted by Gasteiger charge is 2.17. The van der Waals surface area contributed by atoms with Gasteiger partial charge in [0.25, 0.3) is 11.8 Å². The van der Waals surface area contributed by atoms with Crippen molar-refractivity contribution in [3.8, 4) is 0 Å². The summed E-state index contributed by atoms with van der Waals surface area (Å²) in [4.78, 5) is 49.3. The van der Waals surface area contributed by atoms with Crippen LogP contribution in [0.2, 0.25) is 0 Å². The third kappa shape index (κ3) is 7.33. The van der Waals surface area contributed by atoms with E-state index < -0.39 is 24.4 Å². The van der Waals surface area contributed by atoms with Crippen molar-refractivity contribution in [3.63, 3.8) is 0 Å². The Morgan fingerprint density at radius 2 is 1.48 bits per heavy atom. The molecule has 33 heavy (non-hydrogen) atoms. The Hall–Kier alpha value is -3.91. The van der Waals surface area contributed by atoms with Crippen molar-refractivity contribution in [1.82, 2.24) is 5.32 Å². The maximum atomic E-state index is 12.5. The molecule has 0 aliphatic rings. The summed E-state index contributed by atoms with van der Waals surface area (Å²) >= 11 is 1.18. The number of hydrogen-bond acceptors (Lipinski definition) is 6. The summed E-state index contributed by atoms with van der Waals surface area (Å²) < 4.78 is 5.06. The van der Waals surface area contributed by atoms with Crippen LogP contribution in [-0.2, 0) is 14.3 Å². The molecule has 0 atom stereocenters. The summed E-state index contributed by atoms with van der Waals surface area (Å²) in [6.07, 6.45) is 0. The summed E-state index contributed by atoms with van der Waals surface area (Å²) in [5.41, 5.74) is 2.33. The van der Waals surface area contributed by atoms with Crippen LogP contribution in [0.1, 0.15) is 26.3 Å². The SMILES string of the molecule is Cc1ccc(NC(=O)CSc2ccccc2C(=O)OCC(=O)NC(=O)c2ccccc2)cc1. The van der Waals surface area contributed by atoms with Crippen LogP contribution in [0.3, 0.4) is 0 Å². The minimum atomic E-state index is -0.736. The Balaban J connectivity index is 1.51. The summed E-state index contributed by atoms with van der Waals surface area (Å²) in [6.45, 7) is 1.35. The van der Waals surface area contributed by atoms with Gasteiger partial charge in [-0.1, -0.05) is 48.0 Å². The number of rotatable bonds is 8. The predicted molar refractivity (Wildman–Crippen MR) is 126 cm³/mol. The molecule has 0 saturated carbocycles. The molecule has 0 aliphatic heterocycles.